The van der Waals surface area contributed by atoms with E-state index in [9.17, 15) is 4.79 Å². The molecule has 0 fully saturated rings. The Bertz CT molecular complexity index is 846. The van der Waals surface area contributed by atoms with Crippen molar-refractivity contribution in [3.05, 3.63) is 66.0 Å². The first-order chi connectivity index (χ1) is 11.2. The van der Waals surface area contributed by atoms with E-state index in [0.717, 1.165) is 10.9 Å². The number of hydrogen-bond donors (Lipinski definition) is 1. The number of carboxylic acid groups (broad SMARTS) is 1. The highest BCUT2D eigenvalue weighted by Crippen LogP contribution is 2.36. The quantitative estimate of drug-likeness (QED) is 0.781. The first-order valence-corrected chi connectivity index (χ1v) is 7.06. The van der Waals surface area contributed by atoms with Gasteiger partial charge < -0.3 is 14.6 Å². The minimum Gasteiger partial charge on any atom is -0.493 e. The highest BCUT2D eigenvalue weighted by atomic mass is 16.5. The van der Waals surface area contributed by atoms with Gasteiger partial charge in [0.05, 0.1) is 7.11 Å². The predicted octanol–water partition coefficient (Wildman–Crippen LogP) is 3.52. The summed E-state index contributed by atoms with van der Waals surface area (Å²) in [6.45, 7) is 0.362. The monoisotopic (exact) mass is 309 g/mol. The van der Waals surface area contributed by atoms with Crippen LogP contribution in [0, 0.1) is 0 Å². The number of carbonyl (C=O) groups is 1. The van der Waals surface area contributed by atoms with Gasteiger partial charge in [0, 0.05) is 17.0 Å². The van der Waals surface area contributed by atoms with Crippen molar-refractivity contribution in [2.24, 2.45) is 0 Å². The molecule has 5 heteroatoms. The molecule has 116 valence electrons. The van der Waals surface area contributed by atoms with Gasteiger partial charge in [0.1, 0.15) is 12.3 Å². The van der Waals surface area contributed by atoms with Gasteiger partial charge in [-0.05, 0) is 23.8 Å². The highest BCUT2D eigenvalue weighted by Gasteiger charge is 2.13. The summed E-state index contributed by atoms with van der Waals surface area (Å²) in [6.07, 6.45) is 1.52. The summed E-state index contributed by atoms with van der Waals surface area (Å²) in [5, 5.41) is 10.6. The van der Waals surface area contributed by atoms with Crippen LogP contribution in [0.4, 0.5) is 0 Å². The van der Waals surface area contributed by atoms with Crippen LogP contribution in [-0.2, 0) is 6.61 Å². The fourth-order valence-electron chi connectivity index (χ4n) is 2.33. The fourth-order valence-corrected chi connectivity index (χ4v) is 2.33. The normalized spacial score (nSPS) is 10.5. The number of benzene rings is 2. The topological polar surface area (TPSA) is 68.7 Å². The molecule has 0 aliphatic carbocycles. The predicted molar refractivity (Wildman–Crippen MR) is 86.0 cm³/mol. The van der Waals surface area contributed by atoms with Crippen LogP contribution >= 0.6 is 0 Å². The van der Waals surface area contributed by atoms with Crippen LogP contribution in [0.15, 0.2) is 54.7 Å². The van der Waals surface area contributed by atoms with Gasteiger partial charge in [0.2, 0.25) is 0 Å². The molecule has 0 aliphatic heterocycles. The van der Waals surface area contributed by atoms with Gasteiger partial charge in [-0.25, -0.2) is 9.78 Å². The van der Waals surface area contributed by atoms with Crippen molar-refractivity contribution >= 4 is 16.7 Å². The number of rotatable bonds is 5. The summed E-state index contributed by atoms with van der Waals surface area (Å²) in [4.78, 5) is 15.1. The van der Waals surface area contributed by atoms with Crippen LogP contribution in [-0.4, -0.2) is 23.2 Å². The lowest BCUT2D eigenvalue weighted by Gasteiger charge is -2.14. The summed E-state index contributed by atoms with van der Waals surface area (Å²) in [5.41, 5.74) is 0.981. The minimum absolute atomic E-state index is 0.0321. The molecule has 0 saturated heterocycles. The zero-order valence-corrected chi connectivity index (χ0v) is 12.5. The summed E-state index contributed by atoms with van der Waals surface area (Å²) in [5.74, 6) is -0.0153. The summed E-state index contributed by atoms with van der Waals surface area (Å²) in [6, 6.07) is 14.8. The van der Waals surface area contributed by atoms with Gasteiger partial charge in [-0.15, -0.1) is 0 Å². The summed E-state index contributed by atoms with van der Waals surface area (Å²) in [7, 11) is 1.55. The van der Waals surface area contributed by atoms with E-state index >= 15 is 0 Å². The molecule has 0 spiro atoms. The second-order valence-electron chi connectivity index (χ2n) is 4.97. The van der Waals surface area contributed by atoms with Crippen LogP contribution in [0.1, 0.15) is 16.1 Å². The van der Waals surface area contributed by atoms with E-state index in [0.29, 0.717) is 23.5 Å². The Kier molecular flexibility index (Phi) is 4.10. The van der Waals surface area contributed by atoms with E-state index in [-0.39, 0.29) is 5.69 Å². The number of ether oxygens (including phenoxy) is 2. The Morgan fingerprint density at radius 2 is 1.96 bits per heavy atom. The van der Waals surface area contributed by atoms with Crippen molar-refractivity contribution in [3.8, 4) is 11.5 Å². The largest absolute Gasteiger partial charge is 0.493 e. The molecule has 1 heterocycles. The molecule has 3 aromatic rings. The van der Waals surface area contributed by atoms with Gasteiger partial charge >= 0.3 is 5.97 Å². The van der Waals surface area contributed by atoms with E-state index in [2.05, 4.69) is 4.98 Å². The number of carboxylic acids is 1. The molecule has 5 nitrogen and oxygen atoms in total. The van der Waals surface area contributed by atoms with E-state index in [4.69, 9.17) is 14.6 Å². The SMILES string of the molecule is COc1ccc2cnc(C(=O)O)cc2c1OCc1ccccc1. The Hall–Kier alpha value is -3.08. The standard InChI is InChI=1S/C18H15NO4/c1-22-16-8-7-13-10-19-15(18(20)21)9-14(13)17(16)23-11-12-5-3-2-4-6-12/h2-10H,11H2,1H3,(H,20,21). The van der Waals surface area contributed by atoms with Crippen molar-refractivity contribution in [3.63, 3.8) is 0 Å². The van der Waals surface area contributed by atoms with Crippen LogP contribution in [0.2, 0.25) is 0 Å². The number of nitrogens with zero attached hydrogens (tertiary/aromatic N) is 1. The molecule has 0 aliphatic rings. The maximum Gasteiger partial charge on any atom is 0.354 e. The molecule has 0 saturated carbocycles. The van der Waals surface area contributed by atoms with Crippen molar-refractivity contribution in [2.45, 2.75) is 6.61 Å². The lowest BCUT2D eigenvalue weighted by Crippen LogP contribution is -2.02. The average molecular weight is 309 g/mol. The number of aromatic nitrogens is 1. The molecule has 3 rings (SSSR count). The maximum absolute atomic E-state index is 11.2. The molecule has 0 unspecified atom stereocenters. The van der Waals surface area contributed by atoms with Gasteiger partial charge in [0.15, 0.2) is 11.5 Å². The Labute approximate surface area is 133 Å². The summed E-state index contributed by atoms with van der Waals surface area (Å²) < 4.78 is 11.3. The third-order valence-corrected chi connectivity index (χ3v) is 3.48. The van der Waals surface area contributed by atoms with Crippen molar-refractivity contribution in [2.75, 3.05) is 7.11 Å². The molecular formula is C18H15NO4. The number of aromatic carboxylic acids is 1. The van der Waals surface area contributed by atoms with Crippen molar-refractivity contribution in [1.82, 2.24) is 4.98 Å². The molecule has 0 atom stereocenters. The molecule has 2 aromatic carbocycles. The molecule has 1 aromatic heterocycles. The Morgan fingerprint density at radius 3 is 2.65 bits per heavy atom. The Balaban J connectivity index is 2.04. The molecule has 1 N–H and O–H groups in total. The van der Waals surface area contributed by atoms with Crippen LogP contribution in [0.25, 0.3) is 10.8 Å². The third-order valence-electron chi connectivity index (χ3n) is 3.48. The van der Waals surface area contributed by atoms with E-state index in [1.807, 2.05) is 36.4 Å². The second kappa shape index (κ2) is 6.36. The second-order valence-corrected chi connectivity index (χ2v) is 4.97. The zero-order valence-electron chi connectivity index (χ0n) is 12.5. The zero-order chi connectivity index (χ0) is 16.2. The molecule has 23 heavy (non-hydrogen) atoms. The summed E-state index contributed by atoms with van der Waals surface area (Å²) >= 11 is 0. The molecule has 0 amide bonds. The van der Waals surface area contributed by atoms with Gasteiger partial charge in [-0.2, -0.15) is 0 Å². The lowest BCUT2D eigenvalue weighted by molar-refractivity contribution is 0.0690. The van der Waals surface area contributed by atoms with E-state index in [1.165, 1.54) is 12.3 Å². The molecular weight excluding hydrogens is 294 g/mol. The van der Waals surface area contributed by atoms with Gasteiger partial charge in [-0.1, -0.05) is 30.3 Å². The van der Waals surface area contributed by atoms with Crippen LogP contribution < -0.4 is 9.47 Å². The smallest absolute Gasteiger partial charge is 0.354 e. The first kappa shape index (κ1) is 14.8. The molecule has 0 bridgehead atoms. The highest BCUT2D eigenvalue weighted by molar-refractivity contribution is 5.96. The average Bonchev–Trinajstić information content (AvgIpc) is 2.59. The molecule has 0 radical (unpaired) electrons. The van der Waals surface area contributed by atoms with Crippen LogP contribution in [0.3, 0.4) is 0 Å². The van der Waals surface area contributed by atoms with Crippen molar-refractivity contribution < 1.29 is 19.4 Å². The van der Waals surface area contributed by atoms with E-state index in [1.54, 1.807) is 13.2 Å². The minimum atomic E-state index is -1.08. The number of pyridine rings is 1. The first-order valence-electron chi connectivity index (χ1n) is 7.06. The third kappa shape index (κ3) is 3.08. The number of fused-ring (bicyclic) bond motifs is 1. The Morgan fingerprint density at radius 1 is 1.17 bits per heavy atom. The van der Waals surface area contributed by atoms with Crippen LogP contribution in [0.5, 0.6) is 11.5 Å². The van der Waals surface area contributed by atoms with Gasteiger partial charge in [-0.3, -0.25) is 0 Å². The van der Waals surface area contributed by atoms with Crippen molar-refractivity contribution in [1.29, 1.82) is 0 Å². The number of hydrogen-bond acceptors (Lipinski definition) is 4. The van der Waals surface area contributed by atoms with E-state index < -0.39 is 5.97 Å². The lowest BCUT2D eigenvalue weighted by atomic mass is 10.1. The maximum atomic E-state index is 11.2. The fraction of sp³-hybridized carbons (Fsp3) is 0.111. The number of methoxy groups -OCH3 is 1. The van der Waals surface area contributed by atoms with Gasteiger partial charge in [0.25, 0.3) is 0 Å².